The number of thioether (sulfide) groups is 1. The van der Waals surface area contributed by atoms with E-state index in [-0.39, 0.29) is 22.4 Å². The summed E-state index contributed by atoms with van der Waals surface area (Å²) in [6.45, 7) is 1.68. The molecule has 1 atom stereocenters. The number of amides is 1. The van der Waals surface area contributed by atoms with Crippen LogP contribution in [0.25, 0.3) is 0 Å². The van der Waals surface area contributed by atoms with Crippen molar-refractivity contribution in [1.29, 1.82) is 0 Å². The minimum Gasteiger partial charge on any atom is -0.383 e. The first kappa shape index (κ1) is 16.7. The zero-order chi connectivity index (χ0) is 16.3. The van der Waals surface area contributed by atoms with Gasteiger partial charge in [-0.05, 0) is 25.1 Å². The first-order valence-electron chi connectivity index (χ1n) is 6.14. The second kappa shape index (κ2) is 7.04. The van der Waals surface area contributed by atoms with E-state index < -0.39 is 5.25 Å². The lowest BCUT2D eigenvalue weighted by Gasteiger charge is -2.12. The zero-order valence-electron chi connectivity index (χ0n) is 11.4. The molecule has 0 fully saturated rings. The number of H-pyrrole nitrogens is 1. The highest BCUT2D eigenvalue weighted by atomic mass is 35.5. The number of nitrogens with zero attached hydrogens (tertiary/aromatic N) is 1. The molecule has 2 aromatic rings. The summed E-state index contributed by atoms with van der Waals surface area (Å²) >= 11 is 12.8. The summed E-state index contributed by atoms with van der Waals surface area (Å²) in [5, 5.41) is 3.30. The van der Waals surface area contributed by atoms with Gasteiger partial charge in [-0.3, -0.25) is 9.59 Å². The van der Waals surface area contributed by atoms with Gasteiger partial charge in [-0.2, -0.15) is 0 Å². The molecule has 0 saturated carbocycles. The maximum atomic E-state index is 12.1. The first-order valence-corrected chi connectivity index (χ1v) is 7.77. The number of hydrogen-bond acceptors (Lipinski definition) is 5. The van der Waals surface area contributed by atoms with Crippen LogP contribution in [0.15, 0.2) is 34.2 Å². The van der Waals surface area contributed by atoms with Gasteiger partial charge in [0.15, 0.2) is 5.16 Å². The van der Waals surface area contributed by atoms with Crippen LogP contribution in [0.1, 0.15) is 6.92 Å². The molecule has 0 radical (unpaired) electrons. The Morgan fingerprint density at radius 3 is 2.55 bits per heavy atom. The summed E-state index contributed by atoms with van der Waals surface area (Å²) in [6, 6.07) is 5.91. The molecule has 6 nitrogen and oxygen atoms in total. The molecule has 1 aromatic carbocycles. The molecule has 4 N–H and O–H groups in total. The van der Waals surface area contributed by atoms with Crippen LogP contribution in [0.5, 0.6) is 0 Å². The number of hydrogen-bond donors (Lipinski definition) is 3. The van der Waals surface area contributed by atoms with E-state index in [1.54, 1.807) is 25.1 Å². The molecular formula is C13H12Cl2N4O2S. The molecule has 9 heteroatoms. The Hall–Kier alpha value is -1.70. The van der Waals surface area contributed by atoms with Gasteiger partial charge in [0.2, 0.25) is 5.91 Å². The number of benzene rings is 1. The molecule has 116 valence electrons. The molecular weight excluding hydrogens is 347 g/mol. The molecule has 1 aromatic heterocycles. The topological polar surface area (TPSA) is 101 Å². The van der Waals surface area contributed by atoms with Crippen LogP contribution >= 0.6 is 35.0 Å². The average molecular weight is 359 g/mol. The fourth-order valence-electron chi connectivity index (χ4n) is 1.60. The van der Waals surface area contributed by atoms with E-state index in [0.29, 0.717) is 15.7 Å². The highest BCUT2D eigenvalue weighted by molar-refractivity contribution is 8.00. The van der Waals surface area contributed by atoms with E-state index >= 15 is 0 Å². The Morgan fingerprint density at radius 1 is 1.32 bits per heavy atom. The highest BCUT2D eigenvalue weighted by Crippen LogP contribution is 2.24. The van der Waals surface area contributed by atoms with E-state index in [0.717, 1.165) is 11.8 Å². The van der Waals surface area contributed by atoms with Gasteiger partial charge in [0, 0.05) is 21.8 Å². The van der Waals surface area contributed by atoms with E-state index in [9.17, 15) is 9.59 Å². The quantitative estimate of drug-likeness (QED) is 0.576. The normalized spacial score (nSPS) is 12.0. The van der Waals surface area contributed by atoms with Gasteiger partial charge in [-0.25, -0.2) is 4.98 Å². The number of aromatic nitrogens is 2. The van der Waals surface area contributed by atoms with Gasteiger partial charge < -0.3 is 16.0 Å². The molecule has 0 saturated heterocycles. The van der Waals surface area contributed by atoms with Gasteiger partial charge in [-0.1, -0.05) is 35.0 Å². The molecule has 0 aliphatic carbocycles. The number of carbonyl (C=O) groups excluding carboxylic acids is 1. The number of nitrogens with one attached hydrogen (secondary N) is 2. The minimum absolute atomic E-state index is 0.0977. The highest BCUT2D eigenvalue weighted by Gasteiger charge is 2.16. The summed E-state index contributed by atoms with van der Waals surface area (Å²) in [4.78, 5) is 29.9. The third kappa shape index (κ3) is 4.66. The first-order chi connectivity index (χ1) is 10.3. The summed E-state index contributed by atoms with van der Waals surface area (Å²) < 4.78 is 0. The lowest BCUT2D eigenvalue weighted by Crippen LogP contribution is -2.23. The lowest BCUT2D eigenvalue weighted by atomic mass is 10.3. The van der Waals surface area contributed by atoms with Gasteiger partial charge >= 0.3 is 0 Å². The van der Waals surface area contributed by atoms with E-state index in [2.05, 4.69) is 15.3 Å². The van der Waals surface area contributed by atoms with Crippen molar-refractivity contribution in [2.45, 2.75) is 17.3 Å². The van der Waals surface area contributed by atoms with Crippen LogP contribution in [0.4, 0.5) is 11.5 Å². The van der Waals surface area contributed by atoms with Crippen molar-refractivity contribution >= 4 is 52.4 Å². The standard InChI is InChI=1S/C13H12Cl2N4O2S/c1-6(22-13-18-10(16)5-11(20)19-13)12(21)17-9-3-7(14)2-8(15)4-9/h2-6H,1H3,(H,17,21)(H3,16,18,19,20). The summed E-state index contributed by atoms with van der Waals surface area (Å²) in [7, 11) is 0. The molecule has 1 heterocycles. The Balaban J connectivity index is 2.07. The van der Waals surface area contributed by atoms with Crippen molar-refractivity contribution in [3.63, 3.8) is 0 Å². The van der Waals surface area contributed by atoms with Crippen molar-refractivity contribution in [2.75, 3.05) is 11.1 Å². The fourth-order valence-corrected chi connectivity index (χ4v) is 2.94. The Labute approximate surface area is 140 Å². The number of rotatable bonds is 4. The number of carbonyl (C=O) groups is 1. The molecule has 0 spiro atoms. The molecule has 1 amide bonds. The van der Waals surface area contributed by atoms with Crippen molar-refractivity contribution in [3.8, 4) is 0 Å². The van der Waals surface area contributed by atoms with Crippen LogP contribution in [-0.4, -0.2) is 21.1 Å². The minimum atomic E-state index is -0.511. The third-order valence-electron chi connectivity index (χ3n) is 2.53. The predicted molar refractivity (Wildman–Crippen MR) is 89.7 cm³/mol. The van der Waals surface area contributed by atoms with Gasteiger partial charge in [0.1, 0.15) is 5.82 Å². The molecule has 1 unspecified atom stereocenters. The maximum Gasteiger partial charge on any atom is 0.253 e. The van der Waals surface area contributed by atoms with Crippen LogP contribution in [0.2, 0.25) is 10.0 Å². The van der Waals surface area contributed by atoms with Crippen LogP contribution in [0, 0.1) is 0 Å². The van der Waals surface area contributed by atoms with Gasteiger partial charge in [0.05, 0.1) is 5.25 Å². The summed E-state index contributed by atoms with van der Waals surface area (Å²) in [6.07, 6.45) is 0. The van der Waals surface area contributed by atoms with Crippen LogP contribution in [0.3, 0.4) is 0 Å². The Kier molecular flexibility index (Phi) is 5.33. The molecule has 0 aliphatic rings. The smallest absolute Gasteiger partial charge is 0.253 e. The zero-order valence-corrected chi connectivity index (χ0v) is 13.7. The largest absolute Gasteiger partial charge is 0.383 e. The van der Waals surface area contributed by atoms with E-state index in [4.69, 9.17) is 28.9 Å². The number of nitrogens with two attached hydrogens (primary N) is 1. The second-order valence-electron chi connectivity index (χ2n) is 4.38. The number of aromatic amines is 1. The fraction of sp³-hybridized carbons (Fsp3) is 0.154. The van der Waals surface area contributed by atoms with Crippen LogP contribution < -0.4 is 16.6 Å². The van der Waals surface area contributed by atoms with Crippen molar-refractivity contribution < 1.29 is 4.79 Å². The third-order valence-corrected chi connectivity index (χ3v) is 3.95. The average Bonchev–Trinajstić information content (AvgIpc) is 2.35. The summed E-state index contributed by atoms with van der Waals surface area (Å²) in [5.41, 5.74) is 5.61. The van der Waals surface area contributed by atoms with Crippen molar-refractivity contribution in [1.82, 2.24) is 9.97 Å². The summed E-state index contributed by atoms with van der Waals surface area (Å²) in [5.74, 6) is -0.186. The Morgan fingerprint density at radius 2 is 1.95 bits per heavy atom. The molecule has 0 aliphatic heterocycles. The number of nitrogen functional groups attached to an aromatic ring is 1. The number of anilines is 2. The maximum absolute atomic E-state index is 12.1. The predicted octanol–water partition coefficient (Wildman–Crippen LogP) is 2.78. The van der Waals surface area contributed by atoms with Gasteiger partial charge in [-0.15, -0.1) is 0 Å². The SMILES string of the molecule is CC(Sc1nc(N)cc(=O)[nH]1)C(=O)Nc1cc(Cl)cc(Cl)c1. The Bertz CT molecular complexity index is 746. The van der Waals surface area contributed by atoms with E-state index in [1.165, 1.54) is 6.07 Å². The van der Waals surface area contributed by atoms with Crippen molar-refractivity contribution in [3.05, 3.63) is 44.7 Å². The second-order valence-corrected chi connectivity index (χ2v) is 6.59. The molecule has 22 heavy (non-hydrogen) atoms. The lowest BCUT2D eigenvalue weighted by molar-refractivity contribution is -0.115. The van der Waals surface area contributed by atoms with E-state index in [1.807, 2.05) is 0 Å². The van der Waals surface area contributed by atoms with Gasteiger partial charge in [0.25, 0.3) is 5.56 Å². The molecule has 2 rings (SSSR count). The van der Waals surface area contributed by atoms with Crippen LogP contribution in [-0.2, 0) is 4.79 Å². The van der Waals surface area contributed by atoms with Crippen molar-refractivity contribution in [2.24, 2.45) is 0 Å². The monoisotopic (exact) mass is 358 g/mol. The number of halogens is 2. The molecule has 0 bridgehead atoms.